The molecular formula is C23H22Cl2N2O2. The highest BCUT2D eigenvalue weighted by Gasteiger charge is 2.23. The van der Waals surface area contributed by atoms with E-state index in [-0.39, 0.29) is 5.63 Å². The molecular weight excluding hydrogens is 407 g/mol. The number of hydrogen-bond donors (Lipinski definition) is 1. The molecule has 150 valence electrons. The van der Waals surface area contributed by atoms with E-state index in [9.17, 15) is 4.79 Å². The number of fused-ring (bicyclic) bond motifs is 1. The second kappa shape index (κ2) is 9.04. The lowest BCUT2D eigenvalue weighted by molar-refractivity contribution is 0.437. The van der Waals surface area contributed by atoms with E-state index in [2.05, 4.69) is 16.3 Å². The molecule has 0 unspecified atom stereocenters. The minimum atomic E-state index is -0.358. The van der Waals surface area contributed by atoms with Crippen LogP contribution < -0.4 is 15.8 Å². The van der Waals surface area contributed by atoms with Gasteiger partial charge in [0.15, 0.2) is 0 Å². The minimum Gasteiger partial charge on any atom is -0.423 e. The second-order valence-electron chi connectivity index (χ2n) is 7.15. The van der Waals surface area contributed by atoms with Crippen LogP contribution in [0.5, 0.6) is 0 Å². The van der Waals surface area contributed by atoms with Gasteiger partial charge < -0.3 is 14.6 Å². The smallest absolute Gasteiger partial charge is 0.338 e. The maximum atomic E-state index is 12.2. The molecule has 1 saturated heterocycles. The number of benzene rings is 2. The summed E-state index contributed by atoms with van der Waals surface area (Å²) in [7, 11) is 0. The van der Waals surface area contributed by atoms with Crippen molar-refractivity contribution in [3.63, 3.8) is 0 Å². The molecule has 1 aliphatic heterocycles. The number of nitrogens with zero attached hydrogens (tertiary/aromatic N) is 1. The highest BCUT2D eigenvalue weighted by molar-refractivity contribution is 6.32. The predicted octanol–water partition coefficient (Wildman–Crippen LogP) is 5.37. The lowest BCUT2D eigenvalue weighted by Gasteiger charge is -2.36. The van der Waals surface area contributed by atoms with Crippen molar-refractivity contribution < 1.29 is 4.42 Å². The highest BCUT2D eigenvalue weighted by Crippen LogP contribution is 2.31. The highest BCUT2D eigenvalue weighted by atomic mass is 35.5. The second-order valence-corrected chi connectivity index (χ2v) is 7.99. The van der Waals surface area contributed by atoms with Crippen LogP contribution in [-0.4, -0.2) is 25.7 Å². The number of nitrogens with one attached hydrogen (secondary N) is 1. The van der Waals surface area contributed by atoms with Gasteiger partial charge in [0.25, 0.3) is 0 Å². The Kier molecular flexibility index (Phi) is 6.24. The first-order valence-electron chi connectivity index (χ1n) is 9.73. The summed E-state index contributed by atoms with van der Waals surface area (Å²) in [4.78, 5) is 14.5. The summed E-state index contributed by atoms with van der Waals surface area (Å²) < 4.78 is 5.40. The van der Waals surface area contributed by atoms with Gasteiger partial charge in [-0.3, -0.25) is 0 Å². The van der Waals surface area contributed by atoms with Gasteiger partial charge in [0.1, 0.15) is 5.58 Å². The van der Waals surface area contributed by atoms with Crippen molar-refractivity contribution in [3.05, 3.63) is 80.6 Å². The predicted molar refractivity (Wildman–Crippen MR) is 121 cm³/mol. The van der Waals surface area contributed by atoms with Gasteiger partial charge in [0.05, 0.1) is 5.69 Å². The maximum Gasteiger partial charge on any atom is 0.338 e. The first-order valence-corrected chi connectivity index (χ1v) is 10.5. The Hall–Kier alpha value is -2.27. The SMILES string of the molecule is O=c1cc(N(C/C=C/c2ccccc2Cl)C2CCNCC2)c2cc(Cl)ccc2o1. The van der Waals surface area contributed by atoms with Crippen LogP contribution in [0.25, 0.3) is 17.0 Å². The van der Waals surface area contributed by atoms with E-state index in [0.29, 0.717) is 23.2 Å². The van der Waals surface area contributed by atoms with Gasteiger partial charge in [-0.1, -0.05) is 53.6 Å². The molecule has 3 aromatic rings. The third-order valence-corrected chi connectivity index (χ3v) is 5.83. The molecule has 0 radical (unpaired) electrons. The molecule has 1 aromatic heterocycles. The molecule has 0 saturated carbocycles. The molecule has 29 heavy (non-hydrogen) atoms. The van der Waals surface area contributed by atoms with Gasteiger partial charge in [-0.05, 0) is 55.8 Å². The third-order valence-electron chi connectivity index (χ3n) is 5.25. The van der Waals surface area contributed by atoms with E-state index in [4.69, 9.17) is 27.6 Å². The molecule has 1 aliphatic rings. The van der Waals surface area contributed by atoms with Crippen LogP contribution in [0.15, 0.2) is 63.8 Å². The first kappa shape index (κ1) is 20.0. The van der Waals surface area contributed by atoms with E-state index in [0.717, 1.165) is 47.6 Å². The molecule has 1 N–H and O–H groups in total. The Labute approximate surface area is 179 Å². The first-order chi connectivity index (χ1) is 14.1. The fourth-order valence-electron chi connectivity index (χ4n) is 3.82. The zero-order valence-corrected chi connectivity index (χ0v) is 17.4. The van der Waals surface area contributed by atoms with E-state index in [1.807, 2.05) is 36.4 Å². The standard InChI is InChI=1S/C23H22Cl2N2O2/c24-17-7-8-22-19(14-17)21(15-23(28)29-22)27(18-9-11-26-12-10-18)13-3-5-16-4-1-2-6-20(16)25/h1-8,14-15,18,26H,9-13H2/b5-3+. The summed E-state index contributed by atoms with van der Waals surface area (Å²) in [6, 6.07) is 15.0. The normalized spacial score (nSPS) is 15.2. The maximum absolute atomic E-state index is 12.2. The van der Waals surface area contributed by atoms with Crippen LogP contribution >= 0.6 is 23.2 Å². The summed E-state index contributed by atoms with van der Waals surface area (Å²) in [5, 5.41) is 5.59. The summed E-state index contributed by atoms with van der Waals surface area (Å²) in [6.45, 7) is 2.56. The molecule has 0 amide bonds. The lowest BCUT2D eigenvalue weighted by atomic mass is 10.0. The number of piperidine rings is 1. The molecule has 4 rings (SSSR count). The van der Waals surface area contributed by atoms with Crippen molar-refractivity contribution in [1.82, 2.24) is 5.32 Å². The van der Waals surface area contributed by atoms with E-state index in [1.54, 1.807) is 18.2 Å². The Bertz CT molecular complexity index is 1090. The topological polar surface area (TPSA) is 45.5 Å². The van der Waals surface area contributed by atoms with Crippen molar-refractivity contribution in [1.29, 1.82) is 0 Å². The molecule has 2 aromatic carbocycles. The fourth-order valence-corrected chi connectivity index (χ4v) is 4.19. The number of rotatable bonds is 5. The Morgan fingerprint density at radius 3 is 2.69 bits per heavy atom. The molecule has 4 nitrogen and oxygen atoms in total. The van der Waals surface area contributed by atoms with Gasteiger partial charge in [-0.2, -0.15) is 0 Å². The summed E-state index contributed by atoms with van der Waals surface area (Å²) in [5.41, 5.74) is 2.02. The van der Waals surface area contributed by atoms with Gasteiger partial charge in [-0.15, -0.1) is 0 Å². The van der Waals surface area contributed by atoms with Crippen LogP contribution in [0.2, 0.25) is 10.0 Å². The summed E-state index contributed by atoms with van der Waals surface area (Å²) in [5.74, 6) is 0. The van der Waals surface area contributed by atoms with Crippen LogP contribution in [-0.2, 0) is 0 Å². The monoisotopic (exact) mass is 428 g/mol. The Morgan fingerprint density at radius 1 is 1.10 bits per heavy atom. The largest absolute Gasteiger partial charge is 0.423 e. The van der Waals surface area contributed by atoms with E-state index in [1.165, 1.54) is 0 Å². The molecule has 2 heterocycles. The zero-order valence-electron chi connectivity index (χ0n) is 15.9. The lowest BCUT2D eigenvalue weighted by Crippen LogP contribution is -2.43. The Morgan fingerprint density at radius 2 is 1.90 bits per heavy atom. The number of halogens is 2. The van der Waals surface area contributed by atoms with E-state index >= 15 is 0 Å². The van der Waals surface area contributed by atoms with Crippen LogP contribution in [0.1, 0.15) is 18.4 Å². The Balaban J connectivity index is 1.73. The number of anilines is 1. The minimum absolute atomic E-state index is 0.316. The van der Waals surface area contributed by atoms with Gasteiger partial charge >= 0.3 is 5.63 Å². The molecule has 0 atom stereocenters. The van der Waals surface area contributed by atoms with Crippen LogP contribution in [0, 0.1) is 0 Å². The average molecular weight is 429 g/mol. The number of hydrogen-bond acceptors (Lipinski definition) is 4. The molecule has 1 fully saturated rings. The van der Waals surface area contributed by atoms with Crippen LogP contribution in [0.3, 0.4) is 0 Å². The van der Waals surface area contributed by atoms with Crippen molar-refractivity contribution in [3.8, 4) is 0 Å². The van der Waals surface area contributed by atoms with Crippen LogP contribution in [0.4, 0.5) is 5.69 Å². The summed E-state index contributed by atoms with van der Waals surface area (Å²) >= 11 is 12.5. The molecule has 0 bridgehead atoms. The van der Waals surface area contributed by atoms with E-state index < -0.39 is 0 Å². The average Bonchev–Trinajstić information content (AvgIpc) is 2.73. The summed E-state index contributed by atoms with van der Waals surface area (Å²) in [6.07, 6.45) is 6.12. The van der Waals surface area contributed by atoms with Gasteiger partial charge in [0, 0.05) is 34.1 Å². The van der Waals surface area contributed by atoms with Crippen molar-refractivity contribution in [2.45, 2.75) is 18.9 Å². The fraction of sp³-hybridized carbons (Fsp3) is 0.261. The molecule has 0 spiro atoms. The molecule has 6 heteroatoms. The quantitative estimate of drug-likeness (QED) is 0.554. The van der Waals surface area contributed by atoms with Gasteiger partial charge in [-0.25, -0.2) is 4.79 Å². The molecule has 0 aliphatic carbocycles. The van der Waals surface area contributed by atoms with Crippen molar-refractivity contribution >= 4 is 45.9 Å². The third kappa shape index (κ3) is 4.67. The van der Waals surface area contributed by atoms with Gasteiger partial charge in [0.2, 0.25) is 0 Å². The van der Waals surface area contributed by atoms with Crippen molar-refractivity contribution in [2.75, 3.05) is 24.5 Å². The zero-order chi connectivity index (χ0) is 20.2. The van der Waals surface area contributed by atoms with Crippen molar-refractivity contribution in [2.24, 2.45) is 0 Å².